The van der Waals surface area contributed by atoms with Crippen LogP contribution in [-0.2, 0) is 0 Å². The van der Waals surface area contributed by atoms with Crippen LogP contribution in [0.4, 0.5) is 8.78 Å². The second-order valence-corrected chi connectivity index (χ2v) is 5.65. The number of hydrogen-bond donors (Lipinski definition) is 2. The Labute approximate surface area is 110 Å². The molecule has 1 aliphatic heterocycles. The molecule has 1 aromatic carbocycles. The highest BCUT2D eigenvalue weighted by Gasteiger charge is 2.17. The summed E-state index contributed by atoms with van der Waals surface area (Å²) in [6.07, 6.45) is 1.33. The van der Waals surface area contributed by atoms with Crippen LogP contribution in [0.2, 0.25) is 0 Å². The van der Waals surface area contributed by atoms with Gasteiger partial charge in [0.1, 0.15) is 11.6 Å². The van der Waals surface area contributed by atoms with Crippen molar-refractivity contribution in [2.45, 2.75) is 25.0 Å². The lowest BCUT2D eigenvalue weighted by Gasteiger charge is -2.24. The van der Waals surface area contributed by atoms with E-state index in [0.29, 0.717) is 12.6 Å². The van der Waals surface area contributed by atoms with Crippen LogP contribution in [0.1, 0.15) is 24.5 Å². The van der Waals surface area contributed by atoms with Gasteiger partial charge in [0.15, 0.2) is 0 Å². The molecule has 1 aromatic rings. The number of halogens is 2. The van der Waals surface area contributed by atoms with Crippen molar-refractivity contribution in [2.75, 3.05) is 18.1 Å². The lowest BCUT2D eigenvalue weighted by Crippen LogP contribution is -2.36. The van der Waals surface area contributed by atoms with Gasteiger partial charge in [-0.1, -0.05) is 6.07 Å². The Morgan fingerprint density at radius 1 is 1.44 bits per heavy atom. The number of aliphatic hydroxyl groups excluding tert-OH is 1. The molecule has 1 heterocycles. The molecule has 0 aromatic heterocycles. The predicted octanol–water partition coefficient (Wildman–Crippen LogP) is 2.48. The van der Waals surface area contributed by atoms with Crippen molar-refractivity contribution in [3.8, 4) is 0 Å². The molecule has 2 nitrogen and oxygen atoms in total. The van der Waals surface area contributed by atoms with Crippen molar-refractivity contribution in [3.05, 3.63) is 35.4 Å². The summed E-state index contributed by atoms with van der Waals surface area (Å²) in [7, 11) is 0. The molecule has 5 heteroatoms. The van der Waals surface area contributed by atoms with Gasteiger partial charge in [-0.2, -0.15) is 11.8 Å². The van der Waals surface area contributed by atoms with Gasteiger partial charge >= 0.3 is 0 Å². The molecule has 0 aliphatic carbocycles. The van der Waals surface area contributed by atoms with E-state index in [0.717, 1.165) is 24.3 Å². The number of nitrogens with one attached hydrogen (secondary N) is 1. The van der Waals surface area contributed by atoms with Gasteiger partial charge < -0.3 is 10.4 Å². The van der Waals surface area contributed by atoms with Crippen molar-refractivity contribution in [1.82, 2.24) is 5.32 Å². The zero-order chi connectivity index (χ0) is 13.0. The van der Waals surface area contributed by atoms with Crippen LogP contribution in [-0.4, -0.2) is 29.2 Å². The molecule has 2 rings (SSSR count). The van der Waals surface area contributed by atoms with Gasteiger partial charge in [0, 0.05) is 30.0 Å². The predicted molar refractivity (Wildman–Crippen MR) is 69.7 cm³/mol. The van der Waals surface area contributed by atoms with E-state index in [4.69, 9.17) is 0 Å². The average Bonchev–Trinajstić information content (AvgIpc) is 2.37. The summed E-state index contributed by atoms with van der Waals surface area (Å²) in [4.78, 5) is 0. The summed E-state index contributed by atoms with van der Waals surface area (Å²) in [5, 5.41) is 13.1. The first-order valence-corrected chi connectivity index (χ1v) is 7.26. The minimum atomic E-state index is -0.933. The topological polar surface area (TPSA) is 32.3 Å². The fraction of sp³-hybridized carbons (Fsp3) is 0.538. The molecule has 2 atom stereocenters. The van der Waals surface area contributed by atoms with E-state index in [9.17, 15) is 13.9 Å². The molecule has 1 aliphatic rings. The van der Waals surface area contributed by atoms with Crippen molar-refractivity contribution >= 4 is 11.8 Å². The quantitative estimate of drug-likeness (QED) is 0.884. The van der Waals surface area contributed by atoms with Crippen molar-refractivity contribution in [3.63, 3.8) is 0 Å². The maximum Gasteiger partial charge on any atom is 0.131 e. The Morgan fingerprint density at radius 2 is 2.28 bits per heavy atom. The molecular formula is C13H17F2NOS. The molecule has 0 bridgehead atoms. The molecule has 18 heavy (non-hydrogen) atoms. The summed E-state index contributed by atoms with van der Waals surface area (Å²) >= 11 is 1.89. The first-order chi connectivity index (χ1) is 8.66. The van der Waals surface area contributed by atoms with Crippen LogP contribution in [0.3, 0.4) is 0 Å². The van der Waals surface area contributed by atoms with Crippen molar-refractivity contribution in [2.24, 2.45) is 0 Å². The molecule has 2 N–H and O–H groups in total. The van der Waals surface area contributed by atoms with E-state index in [1.54, 1.807) is 0 Å². The molecule has 100 valence electrons. The number of aliphatic hydroxyl groups is 1. The van der Waals surface area contributed by atoms with Crippen LogP contribution in [0.15, 0.2) is 18.2 Å². The molecule has 0 saturated carbocycles. The molecule has 1 fully saturated rings. The zero-order valence-electron chi connectivity index (χ0n) is 10.0. The minimum absolute atomic E-state index is 0.146. The first-order valence-electron chi connectivity index (χ1n) is 6.11. The molecule has 0 spiro atoms. The number of hydrogen-bond acceptors (Lipinski definition) is 3. The molecule has 1 saturated heterocycles. The van der Waals surface area contributed by atoms with Gasteiger partial charge in [-0.15, -0.1) is 0 Å². The van der Waals surface area contributed by atoms with Gasteiger partial charge in [-0.25, -0.2) is 8.78 Å². The summed E-state index contributed by atoms with van der Waals surface area (Å²) < 4.78 is 26.2. The average molecular weight is 273 g/mol. The van der Waals surface area contributed by atoms with Gasteiger partial charge in [-0.05, 0) is 24.7 Å². The third-order valence-corrected chi connectivity index (χ3v) is 4.30. The normalized spacial score (nSPS) is 21.8. The van der Waals surface area contributed by atoms with Gasteiger partial charge in [-0.3, -0.25) is 0 Å². The van der Waals surface area contributed by atoms with Crippen molar-refractivity contribution in [1.29, 1.82) is 0 Å². The third-order valence-electron chi connectivity index (χ3n) is 3.08. The first kappa shape index (κ1) is 13.8. The second kappa shape index (κ2) is 6.50. The summed E-state index contributed by atoms with van der Waals surface area (Å²) in [5.41, 5.74) is 0.146. The second-order valence-electron chi connectivity index (χ2n) is 4.50. The highest BCUT2D eigenvalue weighted by atomic mass is 32.2. The Balaban J connectivity index is 1.88. The Morgan fingerprint density at radius 3 is 2.94 bits per heavy atom. The molecule has 0 unspecified atom stereocenters. The molecule has 0 amide bonds. The SMILES string of the molecule is O[C@@H](CN[C@@H]1CCCSC1)c1ccc(F)cc1F. The van der Waals surface area contributed by atoms with E-state index in [2.05, 4.69) is 5.32 Å². The van der Waals surface area contributed by atoms with E-state index >= 15 is 0 Å². The van der Waals surface area contributed by atoms with Gasteiger partial charge in [0.2, 0.25) is 0 Å². The smallest absolute Gasteiger partial charge is 0.131 e. The monoisotopic (exact) mass is 273 g/mol. The Bertz CT molecular complexity index is 397. The molecule has 0 radical (unpaired) electrons. The fourth-order valence-corrected chi connectivity index (χ4v) is 3.17. The Hall–Kier alpha value is -0.650. The van der Waals surface area contributed by atoms with Gasteiger partial charge in [0.05, 0.1) is 6.10 Å². The molecular weight excluding hydrogens is 256 g/mol. The largest absolute Gasteiger partial charge is 0.387 e. The number of thioether (sulfide) groups is 1. The highest BCUT2D eigenvalue weighted by Crippen LogP contribution is 2.20. The summed E-state index contributed by atoms with van der Waals surface area (Å²) in [6.45, 7) is 0.299. The summed E-state index contributed by atoms with van der Waals surface area (Å²) in [6, 6.07) is 3.64. The van der Waals surface area contributed by atoms with E-state index in [1.165, 1.54) is 18.2 Å². The van der Waals surface area contributed by atoms with Gasteiger partial charge in [0.25, 0.3) is 0 Å². The minimum Gasteiger partial charge on any atom is -0.387 e. The van der Waals surface area contributed by atoms with Crippen molar-refractivity contribution < 1.29 is 13.9 Å². The maximum atomic E-state index is 13.4. The van der Waals surface area contributed by atoms with Crippen LogP contribution in [0, 0.1) is 11.6 Å². The zero-order valence-corrected chi connectivity index (χ0v) is 10.9. The van der Waals surface area contributed by atoms with E-state index < -0.39 is 17.7 Å². The fourth-order valence-electron chi connectivity index (χ4n) is 2.06. The van der Waals surface area contributed by atoms with Crippen LogP contribution < -0.4 is 5.32 Å². The lowest BCUT2D eigenvalue weighted by atomic mass is 10.1. The third kappa shape index (κ3) is 3.67. The summed E-state index contributed by atoms with van der Waals surface area (Å²) in [5.74, 6) is 0.897. The van der Waals surface area contributed by atoms with Crippen LogP contribution in [0.25, 0.3) is 0 Å². The maximum absolute atomic E-state index is 13.4. The van der Waals surface area contributed by atoms with Crippen LogP contribution in [0.5, 0.6) is 0 Å². The van der Waals surface area contributed by atoms with E-state index in [-0.39, 0.29) is 5.56 Å². The standard InChI is InChI=1S/C13H17F2NOS/c14-9-3-4-11(12(15)6-9)13(17)7-16-10-2-1-5-18-8-10/h3-4,6,10,13,16-17H,1-2,5,7-8H2/t10-,13+/m1/s1. The van der Waals surface area contributed by atoms with E-state index in [1.807, 2.05) is 11.8 Å². The highest BCUT2D eigenvalue weighted by molar-refractivity contribution is 7.99. The lowest BCUT2D eigenvalue weighted by molar-refractivity contribution is 0.165. The van der Waals surface area contributed by atoms with Crippen LogP contribution >= 0.6 is 11.8 Å². The number of rotatable bonds is 4. The number of benzene rings is 1. The Kier molecular flexibility index (Phi) is 4.97.